The van der Waals surface area contributed by atoms with Gasteiger partial charge >= 0.3 is 6.18 Å². The molecule has 0 aliphatic carbocycles. The highest BCUT2D eigenvalue weighted by Gasteiger charge is 2.39. The molecule has 1 N–H and O–H groups in total. The summed E-state index contributed by atoms with van der Waals surface area (Å²) in [7, 11) is 0. The Kier molecular flexibility index (Phi) is 7.82. The van der Waals surface area contributed by atoms with Gasteiger partial charge in [-0.05, 0) is 60.6 Å². The number of halogens is 3. The Balaban J connectivity index is 1.22. The van der Waals surface area contributed by atoms with Crippen molar-refractivity contribution in [2.75, 3.05) is 13.2 Å². The molecule has 3 aliphatic rings. The third kappa shape index (κ3) is 6.13. The summed E-state index contributed by atoms with van der Waals surface area (Å²) >= 11 is 0. The van der Waals surface area contributed by atoms with Gasteiger partial charge in [0.05, 0.1) is 18.9 Å². The zero-order valence-corrected chi connectivity index (χ0v) is 21.8. The fourth-order valence-corrected chi connectivity index (χ4v) is 5.72. The molecule has 0 spiro atoms. The van der Waals surface area contributed by atoms with E-state index in [0.717, 1.165) is 12.8 Å². The molecule has 212 valence electrons. The predicted molar refractivity (Wildman–Crippen MR) is 137 cm³/mol. The minimum absolute atomic E-state index is 0.104. The first-order chi connectivity index (χ1) is 19.1. The van der Waals surface area contributed by atoms with E-state index in [4.69, 9.17) is 4.74 Å². The molecular formula is C29H30F3N3O5. The van der Waals surface area contributed by atoms with Gasteiger partial charge < -0.3 is 14.5 Å². The van der Waals surface area contributed by atoms with E-state index in [-0.39, 0.29) is 61.7 Å². The van der Waals surface area contributed by atoms with Crippen molar-refractivity contribution in [2.24, 2.45) is 0 Å². The molecular weight excluding hydrogens is 527 g/mol. The molecule has 2 aromatic rings. The summed E-state index contributed by atoms with van der Waals surface area (Å²) in [6, 6.07) is 10.3. The molecule has 5 rings (SSSR count). The molecule has 3 heterocycles. The van der Waals surface area contributed by atoms with Crippen LogP contribution in [0.4, 0.5) is 13.2 Å². The topological polar surface area (TPSA) is 96.0 Å². The first-order valence-electron chi connectivity index (χ1n) is 13.4. The van der Waals surface area contributed by atoms with Gasteiger partial charge in [-0.15, -0.1) is 0 Å². The number of fused-ring (bicyclic) bond motifs is 1. The van der Waals surface area contributed by atoms with Crippen LogP contribution in [0.3, 0.4) is 0 Å². The number of rotatable bonds is 7. The van der Waals surface area contributed by atoms with E-state index in [2.05, 4.69) is 5.32 Å². The van der Waals surface area contributed by atoms with Crippen LogP contribution in [0.15, 0.2) is 42.5 Å². The number of hydrogen-bond donors (Lipinski definition) is 1. The van der Waals surface area contributed by atoms with Crippen LogP contribution in [0, 0.1) is 0 Å². The van der Waals surface area contributed by atoms with Crippen molar-refractivity contribution in [1.29, 1.82) is 0 Å². The van der Waals surface area contributed by atoms with Crippen molar-refractivity contribution < 1.29 is 37.1 Å². The van der Waals surface area contributed by atoms with Gasteiger partial charge in [0.15, 0.2) is 0 Å². The number of nitrogens with one attached hydrogen (secondary N) is 1. The average Bonchev–Trinajstić information content (AvgIpc) is 3.23. The Morgan fingerprint density at radius 1 is 1.02 bits per heavy atom. The molecule has 2 fully saturated rings. The molecule has 2 aromatic carbocycles. The van der Waals surface area contributed by atoms with Crippen LogP contribution in [0.25, 0.3) is 0 Å². The monoisotopic (exact) mass is 557 g/mol. The number of likely N-dealkylation sites (tertiary alicyclic amines) is 1. The van der Waals surface area contributed by atoms with Crippen molar-refractivity contribution in [1.82, 2.24) is 15.1 Å². The lowest BCUT2D eigenvalue weighted by Gasteiger charge is -2.36. The normalized spacial score (nSPS) is 21.3. The smallest absolute Gasteiger partial charge is 0.393 e. The van der Waals surface area contributed by atoms with Crippen molar-refractivity contribution in [2.45, 2.75) is 69.8 Å². The maximum absolute atomic E-state index is 13.2. The summed E-state index contributed by atoms with van der Waals surface area (Å²) in [6.07, 6.45) is -2.67. The van der Waals surface area contributed by atoms with Crippen molar-refractivity contribution in [3.8, 4) is 5.75 Å². The van der Waals surface area contributed by atoms with Crippen LogP contribution in [-0.2, 0) is 33.8 Å². The van der Waals surface area contributed by atoms with E-state index in [1.807, 2.05) is 0 Å². The quantitative estimate of drug-likeness (QED) is 0.526. The number of carbonyl (C=O) groups is 4. The lowest BCUT2D eigenvalue weighted by molar-refractivity contribution is -0.137. The van der Waals surface area contributed by atoms with Gasteiger partial charge in [-0.1, -0.05) is 24.3 Å². The third-order valence-corrected chi connectivity index (χ3v) is 7.74. The summed E-state index contributed by atoms with van der Waals surface area (Å²) in [4.78, 5) is 53.1. The van der Waals surface area contributed by atoms with Gasteiger partial charge in [0.25, 0.3) is 5.91 Å². The predicted octanol–water partition coefficient (Wildman–Crippen LogP) is 3.56. The molecule has 40 heavy (non-hydrogen) atoms. The molecule has 1 unspecified atom stereocenters. The Hall–Kier alpha value is -3.89. The molecule has 0 aromatic heterocycles. The van der Waals surface area contributed by atoms with Crippen LogP contribution in [0.5, 0.6) is 5.75 Å². The second-order valence-corrected chi connectivity index (χ2v) is 10.5. The van der Waals surface area contributed by atoms with Crippen LogP contribution >= 0.6 is 0 Å². The summed E-state index contributed by atoms with van der Waals surface area (Å²) in [5.41, 5.74) is 1.67. The van der Waals surface area contributed by atoms with Gasteiger partial charge in [0.2, 0.25) is 17.7 Å². The molecule has 4 amide bonds. The van der Waals surface area contributed by atoms with Crippen LogP contribution < -0.4 is 10.1 Å². The number of benzene rings is 2. The number of imide groups is 1. The van der Waals surface area contributed by atoms with Crippen molar-refractivity contribution in [3.63, 3.8) is 0 Å². The first-order valence-corrected chi connectivity index (χ1v) is 13.4. The van der Waals surface area contributed by atoms with E-state index in [9.17, 15) is 32.3 Å². The summed E-state index contributed by atoms with van der Waals surface area (Å²) < 4.78 is 45.1. The largest absolute Gasteiger partial charge is 0.491 e. The molecule has 2 saturated heterocycles. The van der Waals surface area contributed by atoms with Crippen molar-refractivity contribution in [3.05, 3.63) is 64.7 Å². The Morgan fingerprint density at radius 3 is 2.55 bits per heavy atom. The Labute approximate surface area is 229 Å². The van der Waals surface area contributed by atoms with Crippen LogP contribution in [0.1, 0.15) is 59.2 Å². The van der Waals surface area contributed by atoms with E-state index in [1.54, 1.807) is 41.3 Å². The van der Waals surface area contributed by atoms with Gasteiger partial charge in [0, 0.05) is 25.1 Å². The number of nitrogens with zero attached hydrogens (tertiary/aromatic N) is 2. The molecule has 3 aliphatic heterocycles. The lowest BCUT2D eigenvalue weighted by atomic mass is 9.98. The fraction of sp³-hybridized carbons (Fsp3) is 0.448. The summed E-state index contributed by atoms with van der Waals surface area (Å²) in [5.74, 6) is -0.808. The number of carbonyl (C=O) groups excluding carboxylic acids is 4. The summed E-state index contributed by atoms with van der Waals surface area (Å²) in [5, 5.41) is 2.28. The van der Waals surface area contributed by atoms with Crippen molar-refractivity contribution >= 4 is 23.6 Å². The number of alkyl halides is 3. The zero-order valence-electron chi connectivity index (χ0n) is 21.8. The number of piperidine rings is 2. The van der Waals surface area contributed by atoms with Gasteiger partial charge in [0.1, 0.15) is 18.4 Å². The highest BCUT2D eigenvalue weighted by Crippen LogP contribution is 2.31. The molecule has 0 radical (unpaired) electrons. The number of ether oxygens (including phenoxy) is 1. The lowest BCUT2D eigenvalue weighted by Crippen LogP contribution is -2.52. The number of hydrogen-bond acceptors (Lipinski definition) is 5. The van der Waals surface area contributed by atoms with E-state index in [1.165, 1.54) is 11.0 Å². The molecule has 0 saturated carbocycles. The molecule has 0 bridgehead atoms. The maximum atomic E-state index is 13.2. The number of amides is 4. The van der Waals surface area contributed by atoms with Crippen LogP contribution in [-0.4, -0.2) is 64.8 Å². The standard InChI is InChI=1S/C29H30F3N3O5/c30-29(31,32)15-19-6-2-1-5-18(19)14-26(37)34-12-4-3-7-21(34)17-40-22-8-9-23-20(13-22)16-35(28(23)39)24-10-11-25(36)33-27(24)38/h1-2,5-6,8-9,13,21,24H,3-4,7,10-12,14-17H2,(H,33,36,38)/t21-,24?/m0/s1. The Morgan fingerprint density at radius 2 is 1.80 bits per heavy atom. The minimum Gasteiger partial charge on any atom is -0.491 e. The average molecular weight is 558 g/mol. The van der Waals surface area contributed by atoms with E-state index in [0.29, 0.717) is 35.4 Å². The SMILES string of the molecule is O=C1CCC(N2Cc3cc(OC[C@@H]4CCCCN4C(=O)Cc4ccccc4CC(F)(F)F)ccc3C2=O)C(=O)N1. The second kappa shape index (κ2) is 11.3. The maximum Gasteiger partial charge on any atom is 0.393 e. The van der Waals surface area contributed by atoms with Gasteiger partial charge in [-0.25, -0.2) is 0 Å². The minimum atomic E-state index is -4.36. The zero-order chi connectivity index (χ0) is 28.4. The highest BCUT2D eigenvalue weighted by atomic mass is 19.4. The van der Waals surface area contributed by atoms with E-state index >= 15 is 0 Å². The van der Waals surface area contributed by atoms with E-state index < -0.39 is 24.5 Å². The molecule has 2 atom stereocenters. The molecule has 11 heteroatoms. The highest BCUT2D eigenvalue weighted by molar-refractivity contribution is 6.05. The second-order valence-electron chi connectivity index (χ2n) is 10.5. The van der Waals surface area contributed by atoms with Gasteiger partial charge in [-0.2, -0.15) is 13.2 Å². The molecule has 8 nitrogen and oxygen atoms in total. The van der Waals surface area contributed by atoms with Gasteiger partial charge in [-0.3, -0.25) is 24.5 Å². The third-order valence-electron chi connectivity index (χ3n) is 7.74. The first kappa shape index (κ1) is 27.7. The Bertz CT molecular complexity index is 1330. The van der Waals surface area contributed by atoms with Crippen LogP contribution in [0.2, 0.25) is 0 Å². The summed E-state index contributed by atoms with van der Waals surface area (Å²) in [6.45, 7) is 0.941. The fourth-order valence-electron chi connectivity index (χ4n) is 5.72.